The monoisotopic (exact) mass is 284 g/mol. The number of benzene rings is 1. The summed E-state index contributed by atoms with van der Waals surface area (Å²) in [5.41, 5.74) is 0.300. The number of carbonyl (C=O) groups excluding carboxylic acids is 1. The Morgan fingerprint density at radius 1 is 1.12 bits per heavy atom. The van der Waals surface area contributed by atoms with Crippen LogP contribution in [0.1, 0.15) is 10.4 Å². The Morgan fingerprint density at radius 3 is 2.47 bits per heavy atom. The molecule has 0 aliphatic rings. The van der Waals surface area contributed by atoms with Crippen molar-refractivity contribution in [3.63, 3.8) is 0 Å². The SMILES string of the molecule is O=Cc1c(Cl)ncnc1Sc1ccc(Cl)cc1. The molecule has 0 saturated carbocycles. The Balaban J connectivity index is 2.33. The van der Waals surface area contributed by atoms with Crippen molar-refractivity contribution in [2.45, 2.75) is 9.92 Å². The molecule has 1 aromatic carbocycles. The Bertz CT molecular complexity index is 546. The highest BCUT2D eigenvalue weighted by atomic mass is 35.5. The fraction of sp³-hybridized carbons (Fsp3) is 0. The lowest BCUT2D eigenvalue weighted by atomic mass is 10.4. The third-order valence-corrected chi connectivity index (χ3v) is 3.52. The summed E-state index contributed by atoms with van der Waals surface area (Å²) in [6, 6.07) is 7.23. The molecule has 0 radical (unpaired) electrons. The highest BCUT2D eigenvalue weighted by molar-refractivity contribution is 7.99. The molecular formula is C11H6Cl2N2OS. The van der Waals surface area contributed by atoms with Crippen LogP contribution in [-0.4, -0.2) is 16.3 Å². The van der Waals surface area contributed by atoms with E-state index in [0.29, 0.717) is 21.9 Å². The average Bonchev–Trinajstić information content (AvgIpc) is 2.32. The van der Waals surface area contributed by atoms with Crippen LogP contribution in [0.2, 0.25) is 10.2 Å². The average molecular weight is 285 g/mol. The number of nitrogens with zero attached hydrogens (tertiary/aromatic N) is 2. The summed E-state index contributed by atoms with van der Waals surface area (Å²) < 4.78 is 0. The Labute approximate surface area is 112 Å². The number of carbonyl (C=O) groups is 1. The normalized spacial score (nSPS) is 10.2. The van der Waals surface area contributed by atoms with Crippen molar-refractivity contribution in [1.82, 2.24) is 9.97 Å². The first kappa shape index (κ1) is 12.4. The number of aromatic nitrogens is 2. The quantitative estimate of drug-likeness (QED) is 0.636. The molecule has 0 unspecified atom stereocenters. The molecule has 2 rings (SSSR count). The standard InChI is InChI=1S/C11H6Cl2N2OS/c12-7-1-3-8(4-2-7)17-11-9(5-16)10(13)14-6-15-11/h1-6H. The van der Waals surface area contributed by atoms with Crippen molar-refractivity contribution in [3.05, 3.63) is 46.3 Å². The van der Waals surface area contributed by atoms with E-state index in [0.717, 1.165) is 4.90 Å². The molecule has 1 aromatic heterocycles. The number of aldehydes is 1. The molecule has 0 aliphatic heterocycles. The minimum Gasteiger partial charge on any atom is -0.298 e. The minimum atomic E-state index is 0.159. The van der Waals surface area contributed by atoms with Crippen LogP contribution in [-0.2, 0) is 0 Å². The second-order valence-corrected chi connectivity index (χ2v) is 4.91. The predicted octanol–water partition coefficient (Wildman–Crippen LogP) is 3.75. The molecule has 0 N–H and O–H groups in total. The first-order valence-electron chi connectivity index (χ1n) is 4.60. The van der Waals surface area contributed by atoms with Crippen molar-refractivity contribution in [3.8, 4) is 0 Å². The van der Waals surface area contributed by atoms with Crippen LogP contribution in [0.4, 0.5) is 0 Å². The molecule has 0 spiro atoms. The van der Waals surface area contributed by atoms with Gasteiger partial charge in [0.25, 0.3) is 0 Å². The number of hydrogen-bond donors (Lipinski definition) is 0. The molecule has 0 atom stereocenters. The van der Waals surface area contributed by atoms with Gasteiger partial charge in [0.15, 0.2) is 6.29 Å². The first-order chi connectivity index (χ1) is 8.20. The molecule has 1 heterocycles. The summed E-state index contributed by atoms with van der Waals surface area (Å²) in [5, 5.41) is 1.35. The van der Waals surface area contributed by atoms with Crippen molar-refractivity contribution in [1.29, 1.82) is 0 Å². The van der Waals surface area contributed by atoms with Gasteiger partial charge in [-0.25, -0.2) is 9.97 Å². The zero-order valence-corrected chi connectivity index (χ0v) is 10.8. The van der Waals surface area contributed by atoms with Crippen molar-refractivity contribution >= 4 is 41.2 Å². The van der Waals surface area contributed by atoms with Crippen molar-refractivity contribution < 1.29 is 4.79 Å². The molecule has 0 bridgehead atoms. The van der Waals surface area contributed by atoms with Gasteiger partial charge in [-0.1, -0.05) is 35.0 Å². The maximum Gasteiger partial charge on any atom is 0.155 e. The van der Waals surface area contributed by atoms with Crippen LogP contribution in [0.25, 0.3) is 0 Å². The lowest BCUT2D eigenvalue weighted by Gasteiger charge is -2.04. The minimum absolute atomic E-state index is 0.159. The summed E-state index contributed by atoms with van der Waals surface area (Å²) >= 11 is 12.9. The molecule has 0 fully saturated rings. The molecule has 17 heavy (non-hydrogen) atoms. The van der Waals surface area contributed by atoms with E-state index in [4.69, 9.17) is 23.2 Å². The third kappa shape index (κ3) is 2.97. The zero-order valence-electron chi connectivity index (χ0n) is 8.43. The van der Waals surface area contributed by atoms with E-state index in [1.165, 1.54) is 18.1 Å². The van der Waals surface area contributed by atoms with E-state index in [9.17, 15) is 4.79 Å². The molecule has 86 valence electrons. The van der Waals surface area contributed by atoms with Crippen molar-refractivity contribution in [2.75, 3.05) is 0 Å². The lowest BCUT2D eigenvalue weighted by molar-refractivity contribution is 0.112. The van der Waals surface area contributed by atoms with Gasteiger partial charge in [0.05, 0.1) is 5.56 Å². The molecule has 3 nitrogen and oxygen atoms in total. The zero-order chi connectivity index (χ0) is 12.3. The Morgan fingerprint density at radius 2 is 1.82 bits per heavy atom. The summed E-state index contributed by atoms with van der Waals surface area (Å²) in [7, 11) is 0. The van der Waals surface area contributed by atoms with Gasteiger partial charge < -0.3 is 0 Å². The number of rotatable bonds is 3. The molecule has 6 heteroatoms. The van der Waals surface area contributed by atoms with Crippen molar-refractivity contribution in [2.24, 2.45) is 0 Å². The summed E-state index contributed by atoms with van der Waals surface area (Å²) in [6.07, 6.45) is 1.98. The summed E-state index contributed by atoms with van der Waals surface area (Å²) in [6.45, 7) is 0. The lowest BCUT2D eigenvalue weighted by Crippen LogP contribution is -1.93. The van der Waals surface area contributed by atoms with Gasteiger partial charge >= 0.3 is 0 Å². The van der Waals surface area contributed by atoms with E-state index in [-0.39, 0.29) is 5.15 Å². The highest BCUT2D eigenvalue weighted by Gasteiger charge is 2.10. The summed E-state index contributed by atoms with van der Waals surface area (Å²) in [4.78, 5) is 19.6. The topological polar surface area (TPSA) is 42.9 Å². The molecular weight excluding hydrogens is 279 g/mol. The maximum absolute atomic E-state index is 10.9. The summed E-state index contributed by atoms with van der Waals surface area (Å²) in [5.74, 6) is 0. The Kier molecular flexibility index (Phi) is 3.99. The van der Waals surface area contributed by atoms with E-state index in [2.05, 4.69) is 9.97 Å². The van der Waals surface area contributed by atoms with Gasteiger partial charge in [0.1, 0.15) is 16.5 Å². The van der Waals surface area contributed by atoms with E-state index >= 15 is 0 Å². The van der Waals surface area contributed by atoms with Gasteiger partial charge in [0, 0.05) is 9.92 Å². The van der Waals surface area contributed by atoms with Crippen LogP contribution in [0.5, 0.6) is 0 Å². The van der Waals surface area contributed by atoms with Crippen LogP contribution in [0.3, 0.4) is 0 Å². The van der Waals surface area contributed by atoms with E-state index < -0.39 is 0 Å². The van der Waals surface area contributed by atoms with Crippen LogP contribution >= 0.6 is 35.0 Å². The second-order valence-electron chi connectivity index (χ2n) is 3.06. The number of hydrogen-bond acceptors (Lipinski definition) is 4. The van der Waals surface area contributed by atoms with Crippen LogP contribution < -0.4 is 0 Å². The molecule has 0 aliphatic carbocycles. The van der Waals surface area contributed by atoms with Gasteiger partial charge in [-0.15, -0.1) is 0 Å². The van der Waals surface area contributed by atoms with E-state index in [1.807, 2.05) is 12.1 Å². The largest absolute Gasteiger partial charge is 0.298 e. The van der Waals surface area contributed by atoms with Gasteiger partial charge in [-0.05, 0) is 24.3 Å². The second kappa shape index (κ2) is 5.49. The van der Waals surface area contributed by atoms with Gasteiger partial charge in [-0.2, -0.15) is 0 Å². The first-order valence-corrected chi connectivity index (χ1v) is 6.17. The molecule has 2 aromatic rings. The fourth-order valence-corrected chi connectivity index (χ4v) is 2.36. The smallest absolute Gasteiger partial charge is 0.155 e. The van der Waals surface area contributed by atoms with Crippen LogP contribution in [0, 0.1) is 0 Å². The fourth-order valence-electron chi connectivity index (χ4n) is 1.15. The Hall–Kier alpha value is -1.10. The number of halogens is 2. The highest BCUT2D eigenvalue weighted by Crippen LogP contribution is 2.30. The molecule has 0 amide bonds. The van der Waals surface area contributed by atoms with E-state index in [1.54, 1.807) is 12.1 Å². The van der Waals surface area contributed by atoms with Crippen LogP contribution in [0.15, 0.2) is 40.5 Å². The van der Waals surface area contributed by atoms with Gasteiger partial charge in [-0.3, -0.25) is 4.79 Å². The van der Waals surface area contributed by atoms with Gasteiger partial charge in [0.2, 0.25) is 0 Å². The predicted molar refractivity (Wildman–Crippen MR) is 68.0 cm³/mol. The molecule has 0 saturated heterocycles. The third-order valence-electron chi connectivity index (χ3n) is 1.94. The maximum atomic E-state index is 10.9.